The minimum absolute atomic E-state index is 0.00819. The van der Waals surface area contributed by atoms with Gasteiger partial charge in [-0.15, -0.1) is 3.89 Å². The predicted octanol–water partition coefficient (Wildman–Crippen LogP) is 1.31. The van der Waals surface area contributed by atoms with E-state index in [4.69, 9.17) is 0 Å². The molecule has 108 valence electrons. The van der Waals surface area contributed by atoms with E-state index in [1.165, 1.54) is 25.1 Å². The van der Waals surface area contributed by atoms with Gasteiger partial charge in [-0.2, -0.15) is 8.42 Å². The number of nitro groups is 1. The first-order valence-corrected chi connectivity index (χ1v) is 7.14. The molecule has 0 radical (unpaired) electrons. The number of rotatable bonds is 3. The van der Waals surface area contributed by atoms with Gasteiger partial charge in [-0.05, 0) is 13.0 Å². The molecule has 2 rings (SSSR count). The Morgan fingerprint density at radius 2 is 2.10 bits per heavy atom. The molecule has 1 amide bonds. The number of hydrogen-bond donors (Lipinski definition) is 0. The van der Waals surface area contributed by atoms with Crippen molar-refractivity contribution in [3.8, 4) is 0 Å². The summed E-state index contributed by atoms with van der Waals surface area (Å²) in [5.74, 6) is -0.648. The van der Waals surface area contributed by atoms with Crippen molar-refractivity contribution in [3.05, 3.63) is 33.9 Å². The van der Waals surface area contributed by atoms with E-state index in [9.17, 15) is 27.2 Å². The van der Waals surface area contributed by atoms with Crippen LogP contribution in [0.25, 0.3) is 0 Å². The molecule has 0 aromatic heterocycles. The van der Waals surface area contributed by atoms with Gasteiger partial charge in [-0.3, -0.25) is 14.9 Å². The van der Waals surface area contributed by atoms with E-state index in [1.807, 2.05) is 0 Å². The first-order chi connectivity index (χ1) is 9.21. The number of carbonyl (C=O) groups excluding carboxylic acids is 1. The molecule has 1 fully saturated rings. The minimum Gasteiger partial charge on any atom is -0.305 e. The molecule has 0 N–H and O–H groups in total. The zero-order valence-corrected chi connectivity index (χ0v) is 11.3. The fourth-order valence-corrected chi connectivity index (χ4v) is 2.86. The Morgan fingerprint density at radius 1 is 1.45 bits per heavy atom. The largest absolute Gasteiger partial charge is 0.307 e. The smallest absolute Gasteiger partial charge is 0.305 e. The fraction of sp³-hybridized carbons (Fsp3) is 0.364. The number of halogens is 1. The molecule has 1 unspecified atom stereocenters. The van der Waals surface area contributed by atoms with Crippen LogP contribution in [-0.2, 0) is 15.0 Å². The molecule has 0 aliphatic carbocycles. The van der Waals surface area contributed by atoms with E-state index in [0.29, 0.717) is 5.56 Å². The Hall–Kier alpha value is -2.03. The fourth-order valence-electron chi connectivity index (χ4n) is 2.20. The highest BCUT2D eigenvalue weighted by molar-refractivity contribution is 7.87. The molecule has 0 bridgehead atoms. The van der Waals surface area contributed by atoms with Gasteiger partial charge >= 0.3 is 10.2 Å². The molecule has 1 aromatic carbocycles. The van der Waals surface area contributed by atoms with Crippen LogP contribution in [0.2, 0.25) is 0 Å². The molecule has 1 heterocycles. The number of amides is 1. The standard InChI is InChI=1S/C11H11FN2O5S/c1-7-3-2-4-9(11(7)14(16)17)13-6-8(5-10(13)15)20(12,18)19/h2-4,8H,5-6H2,1H3. The molecule has 20 heavy (non-hydrogen) atoms. The normalized spacial score (nSPS) is 19.4. The summed E-state index contributed by atoms with van der Waals surface area (Å²) in [6.07, 6.45) is -0.510. The first-order valence-electron chi connectivity index (χ1n) is 5.69. The van der Waals surface area contributed by atoms with Gasteiger partial charge in [0.15, 0.2) is 0 Å². The van der Waals surface area contributed by atoms with Gasteiger partial charge < -0.3 is 4.90 Å². The van der Waals surface area contributed by atoms with Gasteiger partial charge in [0.1, 0.15) is 10.9 Å². The van der Waals surface area contributed by atoms with Gasteiger partial charge in [-0.25, -0.2) is 0 Å². The van der Waals surface area contributed by atoms with Gasteiger partial charge in [0.05, 0.1) is 4.92 Å². The van der Waals surface area contributed by atoms with Crippen molar-refractivity contribution in [1.29, 1.82) is 0 Å². The number of nitro benzene ring substituents is 1. The van der Waals surface area contributed by atoms with Crippen LogP contribution in [0, 0.1) is 17.0 Å². The van der Waals surface area contributed by atoms with Crippen molar-refractivity contribution in [2.75, 3.05) is 11.4 Å². The summed E-state index contributed by atoms with van der Waals surface area (Å²) in [6.45, 7) is 1.09. The number of benzene rings is 1. The summed E-state index contributed by atoms with van der Waals surface area (Å²) in [5.41, 5.74) is 0.0516. The van der Waals surface area contributed by atoms with E-state index in [1.54, 1.807) is 0 Å². The highest BCUT2D eigenvalue weighted by atomic mass is 32.3. The Labute approximate surface area is 114 Å². The van der Waals surface area contributed by atoms with Crippen molar-refractivity contribution in [1.82, 2.24) is 0 Å². The highest BCUT2D eigenvalue weighted by Gasteiger charge is 2.41. The number of para-hydroxylation sites is 1. The van der Waals surface area contributed by atoms with Gasteiger partial charge in [-0.1, -0.05) is 12.1 Å². The van der Waals surface area contributed by atoms with Crippen LogP contribution in [0.1, 0.15) is 12.0 Å². The lowest BCUT2D eigenvalue weighted by atomic mass is 10.1. The number of hydrogen-bond acceptors (Lipinski definition) is 5. The van der Waals surface area contributed by atoms with Crippen LogP contribution < -0.4 is 4.90 Å². The van der Waals surface area contributed by atoms with Crippen LogP contribution in [-0.4, -0.2) is 31.0 Å². The molecule has 1 aliphatic rings. The molecule has 1 aliphatic heterocycles. The van der Waals surface area contributed by atoms with Crippen molar-refractivity contribution in [2.24, 2.45) is 0 Å². The average molecular weight is 302 g/mol. The molecule has 1 aromatic rings. The topological polar surface area (TPSA) is 97.6 Å². The number of aryl methyl sites for hydroxylation is 1. The molecule has 1 atom stereocenters. The third-order valence-electron chi connectivity index (χ3n) is 3.18. The molecular weight excluding hydrogens is 291 g/mol. The summed E-state index contributed by atoms with van der Waals surface area (Å²) in [7, 11) is -4.85. The second-order valence-electron chi connectivity index (χ2n) is 4.51. The number of nitrogens with zero attached hydrogens (tertiary/aromatic N) is 2. The van der Waals surface area contributed by atoms with Crippen molar-refractivity contribution in [3.63, 3.8) is 0 Å². The van der Waals surface area contributed by atoms with E-state index in [-0.39, 0.29) is 11.4 Å². The first kappa shape index (κ1) is 14.4. The van der Waals surface area contributed by atoms with Crippen LogP contribution in [0.3, 0.4) is 0 Å². The quantitative estimate of drug-likeness (QED) is 0.476. The lowest BCUT2D eigenvalue weighted by Gasteiger charge is -2.16. The maximum Gasteiger partial charge on any atom is 0.307 e. The molecule has 1 saturated heterocycles. The Kier molecular flexibility index (Phi) is 3.46. The molecule has 9 heteroatoms. The maximum absolute atomic E-state index is 13.0. The zero-order valence-electron chi connectivity index (χ0n) is 10.4. The van der Waals surface area contributed by atoms with Crippen LogP contribution in [0.15, 0.2) is 18.2 Å². The average Bonchev–Trinajstić information content (AvgIpc) is 2.70. The molecule has 0 saturated carbocycles. The summed E-state index contributed by atoms with van der Waals surface area (Å²) in [6, 6.07) is 4.37. The minimum atomic E-state index is -4.85. The zero-order chi connectivity index (χ0) is 15.1. The highest BCUT2D eigenvalue weighted by Crippen LogP contribution is 2.35. The van der Waals surface area contributed by atoms with Crippen LogP contribution >= 0.6 is 0 Å². The number of anilines is 1. The van der Waals surface area contributed by atoms with Gasteiger partial charge in [0.25, 0.3) is 5.69 Å². The molecule has 7 nitrogen and oxygen atoms in total. The monoisotopic (exact) mass is 302 g/mol. The predicted molar refractivity (Wildman–Crippen MR) is 68.6 cm³/mol. The summed E-state index contributed by atoms with van der Waals surface area (Å²) in [5, 5.41) is 9.58. The van der Waals surface area contributed by atoms with E-state index < -0.39 is 39.3 Å². The van der Waals surface area contributed by atoms with Crippen molar-refractivity contribution < 1.29 is 22.0 Å². The van der Waals surface area contributed by atoms with E-state index in [0.717, 1.165) is 4.90 Å². The Balaban J connectivity index is 2.46. The second-order valence-corrected chi connectivity index (χ2v) is 6.12. The molecule has 0 spiro atoms. The third-order valence-corrected chi connectivity index (χ3v) is 4.29. The van der Waals surface area contributed by atoms with Crippen molar-refractivity contribution in [2.45, 2.75) is 18.6 Å². The second kappa shape index (κ2) is 4.82. The Morgan fingerprint density at radius 3 is 2.60 bits per heavy atom. The van der Waals surface area contributed by atoms with Gasteiger partial charge in [0.2, 0.25) is 5.91 Å². The van der Waals surface area contributed by atoms with E-state index in [2.05, 4.69) is 0 Å². The van der Waals surface area contributed by atoms with Crippen LogP contribution in [0.5, 0.6) is 0 Å². The third kappa shape index (κ3) is 2.48. The van der Waals surface area contributed by atoms with Gasteiger partial charge in [0, 0.05) is 18.5 Å². The SMILES string of the molecule is Cc1cccc(N2CC(S(=O)(=O)F)CC2=O)c1[N+](=O)[O-]. The van der Waals surface area contributed by atoms with Crippen LogP contribution in [0.4, 0.5) is 15.3 Å². The lowest BCUT2D eigenvalue weighted by Crippen LogP contribution is -2.27. The lowest BCUT2D eigenvalue weighted by molar-refractivity contribution is -0.384. The number of carbonyl (C=O) groups is 1. The molecular formula is C11H11FN2O5S. The maximum atomic E-state index is 13.0. The van der Waals surface area contributed by atoms with E-state index >= 15 is 0 Å². The van der Waals surface area contributed by atoms with Crippen molar-refractivity contribution >= 4 is 27.5 Å². The summed E-state index contributed by atoms with van der Waals surface area (Å²) in [4.78, 5) is 23.2. The Bertz CT molecular complexity index is 688. The summed E-state index contributed by atoms with van der Waals surface area (Å²) < 4.78 is 34.7. The summed E-state index contributed by atoms with van der Waals surface area (Å²) >= 11 is 0.